The van der Waals surface area contributed by atoms with Crippen molar-refractivity contribution in [2.75, 3.05) is 0 Å². The molecule has 4 rings (SSSR count). The molecule has 0 aromatic carbocycles. The largest absolute Gasteiger partial charge is 0.390 e. The summed E-state index contributed by atoms with van der Waals surface area (Å²) in [5, 5.41) is 42.6. The molecule has 7 heteroatoms. The van der Waals surface area contributed by atoms with E-state index >= 15 is 0 Å². The van der Waals surface area contributed by atoms with E-state index in [1.54, 1.807) is 6.92 Å². The molecule has 7 nitrogen and oxygen atoms in total. The van der Waals surface area contributed by atoms with Crippen LogP contribution in [0.5, 0.6) is 0 Å². The summed E-state index contributed by atoms with van der Waals surface area (Å²) in [7, 11) is 0. The number of aliphatic hydroxyl groups is 4. The number of aldehydes is 2. The van der Waals surface area contributed by atoms with Crippen LogP contribution in [0.3, 0.4) is 0 Å². The zero-order valence-corrected chi connectivity index (χ0v) is 21.5. The summed E-state index contributed by atoms with van der Waals surface area (Å²) >= 11 is 0. The predicted octanol–water partition coefficient (Wildman–Crippen LogP) is 2.16. The number of aliphatic hydroxyl groups excluding tert-OH is 4. The molecule has 0 bridgehead atoms. The van der Waals surface area contributed by atoms with Crippen molar-refractivity contribution < 1.29 is 34.8 Å². The van der Waals surface area contributed by atoms with E-state index in [4.69, 9.17) is 0 Å². The minimum absolute atomic E-state index is 0.0739. The number of hydrogen-bond donors (Lipinski definition) is 4. The topological polar surface area (TPSA) is 132 Å². The van der Waals surface area contributed by atoms with Gasteiger partial charge in [0, 0.05) is 18.3 Å². The maximum absolute atomic E-state index is 13.3. The van der Waals surface area contributed by atoms with Gasteiger partial charge in [0.05, 0.1) is 30.3 Å². The average Bonchev–Trinajstić information content (AvgIpc) is 3.17. The fourth-order valence-corrected chi connectivity index (χ4v) is 9.34. The van der Waals surface area contributed by atoms with Gasteiger partial charge in [0.2, 0.25) is 0 Å². The number of carbonyl (C=O) groups is 3. The maximum Gasteiger partial charge on any atom is 0.136 e. The lowest BCUT2D eigenvalue weighted by Gasteiger charge is -2.61. The second-order valence-electron chi connectivity index (χ2n) is 13.0. The number of rotatable bonds is 7. The smallest absolute Gasteiger partial charge is 0.136 e. The van der Waals surface area contributed by atoms with Crippen molar-refractivity contribution in [2.24, 2.45) is 58.2 Å². The van der Waals surface area contributed by atoms with Crippen molar-refractivity contribution in [2.45, 2.75) is 97.1 Å². The van der Waals surface area contributed by atoms with E-state index in [1.807, 2.05) is 6.92 Å². The lowest BCUT2D eigenvalue weighted by Crippen LogP contribution is -2.59. The monoisotopic (exact) mass is 492 g/mol. The van der Waals surface area contributed by atoms with Gasteiger partial charge in [-0.1, -0.05) is 27.7 Å². The Bertz CT molecular complexity index is 822. The molecule has 0 heterocycles. The van der Waals surface area contributed by atoms with Gasteiger partial charge in [-0.2, -0.15) is 0 Å². The second-order valence-corrected chi connectivity index (χ2v) is 13.0. The molecule has 13 atom stereocenters. The minimum atomic E-state index is -1.17. The van der Waals surface area contributed by atoms with Gasteiger partial charge in [0.15, 0.2) is 0 Å². The first-order valence-corrected chi connectivity index (χ1v) is 13.6. The van der Waals surface area contributed by atoms with Crippen LogP contribution in [0.15, 0.2) is 0 Å². The Morgan fingerprint density at radius 3 is 2.17 bits per heavy atom. The molecule has 0 radical (unpaired) electrons. The molecular formula is C28H44O7. The standard InChI is InChI=1S/C28H44O7/c1-14(16(12-29)13-30)25(34)26(35)15(2)18-5-6-19-17-9-22(31)21-10-23(32)24(33)11-28(21,4)20(17)7-8-27(18,19)3/h12-21,23-26,32-35H,5-11H2,1-4H3/t14-,15-,17-,18+,19-,20-,21+,23-,24+,25+,26+,27+,28+/m0/s1. The van der Waals surface area contributed by atoms with Crippen molar-refractivity contribution in [3.63, 3.8) is 0 Å². The van der Waals surface area contributed by atoms with Crippen LogP contribution in [0.4, 0.5) is 0 Å². The van der Waals surface area contributed by atoms with Gasteiger partial charge in [0.25, 0.3) is 0 Å². The van der Waals surface area contributed by atoms with E-state index in [1.165, 1.54) is 0 Å². The summed E-state index contributed by atoms with van der Waals surface area (Å²) in [6, 6.07) is 0. The molecular weight excluding hydrogens is 448 g/mol. The van der Waals surface area contributed by atoms with Gasteiger partial charge < -0.3 is 30.0 Å². The highest BCUT2D eigenvalue weighted by Gasteiger charge is 2.63. The lowest BCUT2D eigenvalue weighted by molar-refractivity contribution is -0.175. The number of carbonyl (C=O) groups excluding carboxylic acids is 3. The highest BCUT2D eigenvalue weighted by Crippen LogP contribution is 2.67. The van der Waals surface area contributed by atoms with Gasteiger partial charge in [-0.05, 0) is 78.9 Å². The molecule has 4 fully saturated rings. The van der Waals surface area contributed by atoms with Crippen LogP contribution in [-0.4, -0.2) is 63.2 Å². The minimum Gasteiger partial charge on any atom is -0.390 e. The number of ketones is 1. The Balaban J connectivity index is 1.54. The van der Waals surface area contributed by atoms with E-state index in [2.05, 4.69) is 13.8 Å². The molecule has 4 N–H and O–H groups in total. The van der Waals surface area contributed by atoms with E-state index in [0.29, 0.717) is 43.7 Å². The second kappa shape index (κ2) is 9.62. The zero-order chi connectivity index (χ0) is 25.9. The molecule has 0 unspecified atom stereocenters. The maximum atomic E-state index is 13.3. The Kier molecular flexibility index (Phi) is 7.40. The summed E-state index contributed by atoms with van der Waals surface area (Å²) in [5.74, 6) is -0.733. The Morgan fingerprint density at radius 1 is 0.914 bits per heavy atom. The Morgan fingerprint density at radius 2 is 1.54 bits per heavy atom. The van der Waals surface area contributed by atoms with Gasteiger partial charge in [-0.15, -0.1) is 0 Å². The van der Waals surface area contributed by atoms with Crippen molar-refractivity contribution >= 4 is 18.4 Å². The van der Waals surface area contributed by atoms with Gasteiger partial charge in [-0.3, -0.25) is 4.79 Å². The first-order chi connectivity index (χ1) is 16.4. The van der Waals surface area contributed by atoms with Crippen LogP contribution in [0.1, 0.15) is 72.6 Å². The van der Waals surface area contributed by atoms with Crippen LogP contribution >= 0.6 is 0 Å². The molecule has 4 aliphatic carbocycles. The third-order valence-electron chi connectivity index (χ3n) is 11.5. The zero-order valence-electron chi connectivity index (χ0n) is 21.5. The molecule has 0 spiro atoms. The van der Waals surface area contributed by atoms with E-state index in [9.17, 15) is 34.8 Å². The van der Waals surface area contributed by atoms with E-state index in [-0.39, 0.29) is 40.3 Å². The number of Topliss-reactive ketones (excluding diaryl/α,β-unsaturated/α-hetero) is 1. The normalized spacial score (nSPS) is 46.7. The van der Waals surface area contributed by atoms with Crippen LogP contribution in [0.25, 0.3) is 0 Å². The van der Waals surface area contributed by atoms with Crippen molar-refractivity contribution in [1.29, 1.82) is 0 Å². The van der Waals surface area contributed by atoms with Crippen LogP contribution in [-0.2, 0) is 14.4 Å². The molecule has 4 saturated carbocycles. The Labute approximate surface area is 208 Å². The summed E-state index contributed by atoms with van der Waals surface area (Å²) in [4.78, 5) is 35.7. The average molecular weight is 493 g/mol. The molecule has 0 saturated heterocycles. The number of hydrogen-bond acceptors (Lipinski definition) is 7. The highest BCUT2D eigenvalue weighted by atomic mass is 16.3. The molecule has 0 aliphatic heterocycles. The summed E-state index contributed by atoms with van der Waals surface area (Å²) in [6.45, 7) is 8.02. The van der Waals surface area contributed by atoms with Crippen LogP contribution in [0, 0.1) is 58.2 Å². The van der Waals surface area contributed by atoms with Crippen molar-refractivity contribution in [3.05, 3.63) is 0 Å². The van der Waals surface area contributed by atoms with Gasteiger partial charge >= 0.3 is 0 Å². The van der Waals surface area contributed by atoms with E-state index < -0.39 is 36.3 Å². The third kappa shape index (κ3) is 4.14. The summed E-state index contributed by atoms with van der Waals surface area (Å²) in [6.07, 6.45) is 2.37. The quantitative estimate of drug-likeness (QED) is 0.316. The molecule has 35 heavy (non-hydrogen) atoms. The first kappa shape index (κ1) is 26.9. The molecule has 0 aromatic rings. The van der Waals surface area contributed by atoms with Gasteiger partial charge in [-0.25, -0.2) is 0 Å². The molecule has 0 aromatic heterocycles. The SMILES string of the molecule is C[C@H]([C@@H](O)[C@H](O)[C@@H](C)C(C=O)C=O)[C@H]1CC[C@H]2[C@@H]3CC(=O)[C@H]4C[C@H](O)[C@H](O)C[C@]4(C)[C@H]3CC[C@]12C. The number of fused-ring (bicyclic) bond motifs is 5. The van der Waals surface area contributed by atoms with Crippen LogP contribution < -0.4 is 0 Å². The first-order valence-electron chi connectivity index (χ1n) is 13.6. The summed E-state index contributed by atoms with van der Waals surface area (Å²) < 4.78 is 0. The fourth-order valence-electron chi connectivity index (χ4n) is 9.34. The third-order valence-corrected chi connectivity index (χ3v) is 11.5. The summed E-state index contributed by atoms with van der Waals surface area (Å²) in [5.41, 5.74) is -0.372. The van der Waals surface area contributed by atoms with E-state index in [0.717, 1.165) is 25.7 Å². The van der Waals surface area contributed by atoms with Crippen molar-refractivity contribution in [3.8, 4) is 0 Å². The van der Waals surface area contributed by atoms with Crippen molar-refractivity contribution in [1.82, 2.24) is 0 Å². The van der Waals surface area contributed by atoms with Crippen LogP contribution in [0.2, 0.25) is 0 Å². The highest BCUT2D eigenvalue weighted by molar-refractivity contribution is 5.83. The van der Waals surface area contributed by atoms with Gasteiger partial charge in [0.1, 0.15) is 18.4 Å². The fraction of sp³-hybridized carbons (Fsp3) is 0.893. The molecule has 0 amide bonds. The lowest BCUT2D eigenvalue weighted by atomic mass is 9.44. The Hall–Kier alpha value is -1.15. The predicted molar refractivity (Wildman–Crippen MR) is 129 cm³/mol. The molecule has 4 aliphatic rings. The molecule has 198 valence electrons.